The molecule has 1 atom stereocenters. The molecule has 0 spiro atoms. The fourth-order valence-corrected chi connectivity index (χ4v) is 2.30. The van der Waals surface area contributed by atoms with Crippen LogP contribution in [0.4, 0.5) is 0 Å². The van der Waals surface area contributed by atoms with Crippen LogP contribution in [0.5, 0.6) is 0 Å². The molecule has 0 radical (unpaired) electrons. The van der Waals surface area contributed by atoms with E-state index in [0.29, 0.717) is 0 Å². The molecule has 1 aromatic carbocycles. The van der Waals surface area contributed by atoms with Crippen molar-refractivity contribution < 1.29 is 0 Å². The minimum atomic E-state index is -0.0919. The third kappa shape index (κ3) is 2.41. The summed E-state index contributed by atoms with van der Waals surface area (Å²) in [5.41, 5.74) is 9.62. The van der Waals surface area contributed by atoms with Gasteiger partial charge in [-0.2, -0.15) is 0 Å². The first-order chi connectivity index (χ1) is 7.68. The predicted octanol–water partition coefficient (Wildman–Crippen LogP) is 3.04. The lowest BCUT2D eigenvalue weighted by Gasteiger charge is -2.14. The van der Waals surface area contributed by atoms with Crippen LogP contribution in [0.25, 0.3) is 0 Å². The van der Waals surface area contributed by atoms with Gasteiger partial charge in [0.1, 0.15) is 3.70 Å². The van der Waals surface area contributed by atoms with Crippen molar-refractivity contribution in [1.29, 1.82) is 0 Å². The normalized spacial score (nSPS) is 12.4. The van der Waals surface area contributed by atoms with Gasteiger partial charge in [0.15, 0.2) is 0 Å². The van der Waals surface area contributed by atoms with Gasteiger partial charge >= 0.3 is 0 Å². The van der Waals surface area contributed by atoms with E-state index in [0.717, 1.165) is 14.8 Å². The number of benzene rings is 1. The van der Waals surface area contributed by atoms with Crippen LogP contribution >= 0.6 is 22.6 Å². The maximum Gasteiger partial charge on any atom is 0.101 e. The van der Waals surface area contributed by atoms with Gasteiger partial charge in [-0.25, -0.2) is 4.98 Å². The van der Waals surface area contributed by atoms with Crippen LogP contribution in [0.1, 0.15) is 22.7 Å². The molecular formula is C13H13IN2. The number of nitrogens with two attached hydrogens (primary N) is 1. The van der Waals surface area contributed by atoms with E-state index in [-0.39, 0.29) is 6.04 Å². The smallest absolute Gasteiger partial charge is 0.101 e. The van der Waals surface area contributed by atoms with Crippen LogP contribution in [-0.2, 0) is 0 Å². The minimum absolute atomic E-state index is 0.0919. The Morgan fingerprint density at radius 2 is 1.94 bits per heavy atom. The molecule has 1 heterocycles. The lowest BCUT2D eigenvalue weighted by Crippen LogP contribution is -2.13. The van der Waals surface area contributed by atoms with Gasteiger partial charge in [0, 0.05) is 6.20 Å². The summed E-state index contributed by atoms with van der Waals surface area (Å²) < 4.78 is 0.999. The maximum atomic E-state index is 6.22. The van der Waals surface area contributed by atoms with Crippen molar-refractivity contribution in [1.82, 2.24) is 4.98 Å². The first-order valence-electron chi connectivity index (χ1n) is 5.11. The third-order valence-electron chi connectivity index (χ3n) is 2.61. The molecule has 0 amide bonds. The Hall–Kier alpha value is -0.940. The summed E-state index contributed by atoms with van der Waals surface area (Å²) in [6.45, 7) is 2.07. The fourth-order valence-electron chi connectivity index (χ4n) is 1.70. The number of hydrogen-bond donors (Lipinski definition) is 1. The Morgan fingerprint density at radius 1 is 1.25 bits per heavy atom. The molecule has 0 saturated carbocycles. The van der Waals surface area contributed by atoms with E-state index in [1.54, 1.807) is 0 Å². The molecule has 3 heteroatoms. The van der Waals surface area contributed by atoms with Gasteiger partial charge in [-0.1, -0.05) is 30.3 Å². The molecule has 2 rings (SSSR count). The largest absolute Gasteiger partial charge is 0.320 e. The molecule has 0 bridgehead atoms. The first kappa shape index (κ1) is 11.5. The highest BCUT2D eigenvalue weighted by molar-refractivity contribution is 14.1. The molecule has 0 saturated heterocycles. The van der Waals surface area contributed by atoms with Gasteiger partial charge in [-0.3, -0.25) is 0 Å². The molecule has 2 nitrogen and oxygen atoms in total. The molecule has 2 N–H and O–H groups in total. The summed E-state index contributed by atoms with van der Waals surface area (Å²) in [5, 5.41) is 0. The van der Waals surface area contributed by atoms with Crippen LogP contribution in [-0.4, -0.2) is 4.98 Å². The third-order valence-corrected chi connectivity index (χ3v) is 3.20. The summed E-state index contributed by atoms with van der Waals surface area (Å²) in [5.74, 6) is 0. The number of pyridine rings is 1. The van der Waals surface area contributed by atoms with Gasteiger partial charge in [0.2, 0.25) is 0 Å². The molecule has 16 heavy (non-hydrogen) atoms. The van der Waals surface area contributed by atoms with Crippen molar-refractivity contribution in [2.75, 3.05) is 0 Å². The average molecular weight is 324 g/mol. The molecule has 0 aliphatic heterocycles. The van der Waals surface area contributed by atoms with E-state index in [4.69, 9.17) is 5.73 Å². The van der Waals surface area contributed by atoms with Crippen molar-refractivity contribution in [3.05, 3.63) is 63.0 Å². The van der Waals surface area contributed by atoms with Crippen LogP contribution in [0.2, 0.25) is 0 Å². The molecule has 1 aromatic heterocycles. The van der Waals surface area contributed by atoms with Crippen LogP contribution in [0.3, 0.4) is 0 Å². The average Bonchev–Trinajstić information content (AvgIpc) is 2.29. The molecular weight excluding hydrogens is 311 g/mol. The van der Waals surface area contributed by atoms with Crippen molar-refractivity contribution in [3.63, 3.8) is 0 Å². The fraction of sp³-hybridized carbons (Fsp3) is 0.154. The van der Waals surface area contributed by atoms with Crippen LogP contribution in [0.15, 0.2) is 42.6 Å². The number of nitrogens with zero attached hydrogens (tertiary/aromatic N) is 1. The van der Waals surface area contributed by atoms with Gasteiger partial charge in [0.05, 0.1) is 6.04 Å². The molecule has 0 aliphatic carbocycles. The van der Waals surface area contributed by atoms with Crippen molar-refractivity contribution in [3.8, 4) is 0 Å². The van der Waals surface area contributed by atoms with Gasteiger partial charge in [-0.15, -0.1) is 0 Å². The number of aryl methyl sites for hydroxylation is 1. The summed E-state index contributed by atoms with van der Waals surface area (Å²) in [6.07, 6.45) is 1.87. The molecule has 0 fully saturated rings. The van der Waals surface area contributed by atoms with Gasteiger partial charge < -0.3 is 5.73 Å². The number of halogens is 1. The maximum absolute atomic E-state index is 6.22. The lowest BCUT2D eigenvalue weighted by molar-refractivity contribution is 0.851. The van der Waals surface area contributed by atoms with E-state index < -0.39 is 0 Å². The number of hydrogen-bond acceptors (Lipinski definition) is 2. The number of rotatable bonds is 2. The Balaban J connectivity index is 2.38. The summed E-state index contributed by atoms with van der Waals surface area (Å²) in [4.78, 5) is 4.29. The number of aromatic nitrogens is 1. The van der Waals surface area contributed by atoms with Crippen molar-refractivity contribution in [2.45, 2.75) is 13.0 Å². The Kier molecular flexibility index (Phi) is 3.56. The van der Waals surface area contributed by atoms with Crippen molar-refractivity contribution in [2.24, 2.45) is 5.73 Å². The highest BCUT2D eigenvalue weighted by atomic mass is 127. The molecule has 0 unspecified atom stereocenters. The predicted molar refractivity (Wildman–Crippen MR) is 74.2 cm³/mol. The summed E-state index contributed by atoms with van der Waals surface area (Å²) in [6, 6.07) is 12.1. The van der Waals surface area contributed by atoms with E-state index in [9.17, 15) is 0 Å². The first-order valence-corrected chi connectivity index (χ1v) is 6.19. The summed E-state index contributed by atoms with van der Waals surface area (Å²) >= 11 is 2.21. The second-order valence-electron chi connectivity index (χ2n) is 3.75. The molecule has 82 valence electrons. The monoisotopic (exact) mass is 324 g/mol. The Bertz CT molecular complexity index is 483. The second kappa shape index (κ2) is 4.93. The van der Waals surface area contributed by atoms with E-state index in [1.165, 1.54) is 5.56 Å². The standard InChI is InChI=1S/C13H13IN2/c1-9-7-12(14)16-8-11(9)13(15)10-5-3-2-4-6-10/h2-8,13H,15H2,1H3/t13-/m1/s1. The van der Waals surface area contributed by atoms with E-state index in [2.05, 4.69) is 40.6 Å². The Labute approximate surface area is 109 Å². The summed E-state index contributed by atoms with van der Waals surface area (Å²) in [7, 11) is 0. The minimum Gasteiger partial charge on any atom is -0.320 e. The second-order valence-corrected chi connectivity index (χ2v) is 4.86. The van der Waals surface area contributed by atoms with Crippen LogP contribution in [0, 0.1) is 10.6 Å². The Morgan fingerprint density at radius 3 is 2.56 bits per heavy atom. The molecule has 2 aromatic rings. The quantitative estimate of drug-likeness (QED) is 0.681. The highest BCUT2D eigenvalue weighted by Gasteiger charge is 2.11. The topological polar surface area (TPSA) is 38.9 Å². The van der Waals surface area contributed by atoms with E-state index in [1.807, 2.05) is 36.5 Å². The molecule has 0 aliphatic rings. The van der Waals surface area contributed by atoms with Gasteiger partial charge in [-0.05, 0) is 52.3 Å². The zero-order valence-corrected chi connectivity index (χ0v) is 11.2. The highest BCUT2D eigenvalue weighted by Crippen LogP contribution is 2.22. The van der Waals surface area contributed by atoms with Gasteiger partial charge in [0.25, 0.3) is 0 Å². The zero-order chi connectivity index (χ0) is 11.5. The van der Waals surface area contributed by atoms with Crippen molar-refractivity contribution >= 4 is 22.6 Å². The zero-order valence-electron chi connectivity index (χ0n) is 9.02. The SMILES string of the molecule is Cc1cc(I)ncc1[C@H](N)c1ccccc1. The van der Waals surface area contributed by atoms with E-state index >= 15 is 0 Å². The lowest BCUT2D eigenvalue weighted by atomic mass is 9.98. The van der Waals surface area contributed by atoms with Crippen LogP contribution < -0.4 is 5.73 Å².